The molecular weight excluding hydrogens is 659 g/mol. The first-order chi connectivity index (χ1) is 23.3. The van der Waals surface area contributed by atoms with Crippen LogP contribution in [0, 0.1) is 5.92 Å². The molecule has 3 saturated heterocycles. The highest BCUT2D eigenvalue weighted by molar-refractivity contribution is 8.77. The Bertz CT molecular complexity index is 1100. The molecular formula is C39H57NO3S4. The lowest BCUT2D eigenvalue weighted by Crippen LogP contribution is -2.08. The SMILES string of the molecule is C(=Cc1cc(OCCCCCC2CCSS2)cc(OCCCCCC2CCSS2)c1)c1ccc(OCCCCCC2CCNC2)cc1. The van der Waals surface area contributed by atoms with Gasteiger partial charge in [0.1, 0.15) is 17.2 Å². The molecule has 3 heterocycles. The maximum absolute atomic E-state index is 6.27. The van der Waals surface area contributed by atoms with Gasteiger partial charge in [0, 0.05) is 28.1 Å². The number of ether oxygens (including phenoxy) is 3. The molecule has 0 bridgehead atoms. The Morgan fingerprint density at radius 3 is 1.66 bits per heavy atom. The maximum atomic E-state index is 6.27. The first kappa shape index (κ1) is 37.2. The zero-order valence-electron chi connectivity index (χ0n) is 28.3. The fourth-order valence-corrected chi connectivity index (χ4v) is 12.5. The number of benzene rings is 2. The van der Waals surface area contributed by atoms with E-state index in [1.54, 1.807) is 0 Å². The summed E-state index contributed by atoms with van der Waals surface area (Å²) in [7, 11) is 8.26. The lowest BCUT2D eigenvalue weighted by atomic mass is 10.0. The first-order valence-electron chi connectivity index (χ1n) is 18.4. The average molecular weight is 716 g/mol. The van der Waals surface area contributed by atoms with Crippen molar-refractivity contribution in [2.75, 3.05) is 44.4 Å². The van der Waals surface area contributed by atoms with Crippen molar-refractivity contribution in [2.45, 2.75) is 107 Å². The largest absolute Gasteiger partial charge is 0.494 e. The lowest BCUT2D eigenvalue weighted by molar-refractivity contribution is 0.290. The molecule has 8 heteroatoms. The van der Waals surface area contributed by atoms with Crippen molar-refractivity contribution in [3.05, 3.63) is 53.6 Å². The van der Waals surface area contributed by atoms with Gasteiger partial charge in [-0.05, 0) is 112 Å². The van der Waals surface area contributed by atoms with Crippen molar-refractivity contribution in [3.63, 3.8) is 0 Å². The predicted molar refractivity (Wildman–Crippen MR) is 212 cm³/mol. The third-order valence-corrected chi connectivity index (χ3v) is 15.3. The highest BCUT2D eigenvalue weighted by atomic mass is 33.1. The highest BCUT2D eigenvalue weighted by Crippen LogP contribution is 2.40. The van der Waals surface area contributed by atoms with Crippen molar-refractivity contribution < 1.29 is 14.2 Å². The van der Waals surface area contributed by atoms with E-state index in [2.05, 4.69) is 81.5 Å². The van der Waals surface area contributed by atoms with E-state index in [0.29, 0.717) is 0 Å². The molecule has 0 saturated carbocycles. The third kappa shape index (κ3) is 15.2. The van der Waals surface area contributed by atoms with Gasteiger partial charge in [0.2, 0.25) is 0 Å². The molecule has 0 amide bonds. The van der Waals surface area contributed by atoms with Crippen LogP contribution in [0.15, 0.2) is 42.5 Å². The van der Waals surface area contributed by atoms with E-state index in [1.165, 1.54) is 102 Å². The molecule has 0 spiro atoms. The van der Waals surface area contributed by atoms with Gasteiger partial charge in [0.15, 0.2) is 0 Å². The second-order valence-corrected chi connectivity index (χ2v) is 18.8. The first-order valence-corrected chi connectivity index (χ1v) is 23.2. The molecule has 3 aliphatic rings. The Morgan fingerprint density at radius 2 is 1.13 bits per heavy atom. The Morgan fingerprint density at radius 1 is 0.574 bits per heavy atom. The van der Waals surface area contributed by atoms with Crippen LogP contribution in [0.4, 0.5) is 0 Å². The summed E-state index contributed by atoms with van der Waals surface area (Å²) in [6.07, 6.45) is 23.5. The van der Waals surface area contributed by atoms with Gasteiger partial charge in [-0.15, -0.1) is 0 Å². The Balaban J connectivity index is 1.05. The molecule has 0 radical (unpaired) electrons. The third-order valence-electron chi connectivity index (χ3n) is 9.27. The topological polar surface area (TPSA) is 39.7 Å². The fourth-order valence-electron chi connectivity index (χ4n) is 6.40. The van der Waals surface area contributed by atoms with Gasteiger partial charge in [0.05, 0.1) is 19.8 Å². The normalized spacial score (nSPS) is 21.1. The summed E-state index contributed by atoms with van der Waals surface area (Å²) in [5, 5.41) is 5.21. The number of rotatable bonds is 23. The van der Waals surface area contributed by atoms with Gasteiger partial charge in [0.25, 0.3) is 0 Å². The van der Waals surface area contributed by atoms with E-state index in [-0.39, 0.29) is 0 Å². The van der Waals surface area contributed by atoms with Gasteiger partial charge < -0.3 is 19.5 Å². The van der Waals surface area contributed by atoms with Crippen LogP contribution in [0.1, 0.15) is 107 Å². The molecule has 2 aromatic carbocycles. The molecule has 2 aromatic rings. The molecule has 3 aliphatic heterocycles. The van der Waals surface area contributed by atoms with Crippen molar-refractivity contribution in [3.8, 4) is 17.2 Å². The van der Waals surface area contributed by atoms with E-state index in [0.717, 1.165) is 83.9 Å². The summed E-state index contributed by atoms with van der Waals surface area (Å²) >= 11 is 0. The number of hydrogen-bond donors (Lipinski definition) is 1. The Kier molecular flexibility index (Phi) is 17.9. The smallest absolute Gasteiger partial charge is 0.123 e. The molecule has 3 unspecified atom stereocenters. The van der Waals surface area contributed by atoms with Crippen molar-refractivity contribution in [2.24, 2.45) is 5.92 Å². The van der Waals surface area contributed by atoms with Gasteiger partial charge in [-0.3, -0.25) is 0 Å². The summed E-state index contributed by atoms with van der Waals surface area (Å²) in [5.41, 5.74) is 2.27. The number of nitrogens with one attached hydrogen (secondary N) is 1. The summed E-state index contributed by atoms with van der Waals surface area (Å²) in [4.78, 5) is 0. The molecule has 5 rings (SSSR count). The van der Waals surface area contributed by atoms with E-state index in [4.69, 9.17) is 14.2 Å². The monoisotopic (exact) mass is 715 g/mol. The number of unbranched alkanes of at least 4 members (excludes halogenated alkanes) is 6. The van der Waals surface area contributed by atoms with Gasteiger partial charge in [-0.2, -0.15) is 0 Å². The molecule has 47 heavy (non-hydrogen) atoms. The zero-order valence-corrected chi connectivity index (χ0v) is 31.6. The molecule has 0 aromatic heterocycles. The van der Waals surface area contributed by atoms with Crippen molar-refractivity contribution in [1.82, 2.24) is 5.32 Å². The van der Waals surface area contributed by atoms with Crippen LogP contribution in [0.3, 0.4) is 0 Å². The molecule has 3 fully saturated rings. The van der Waals surface area contributed by atoms with Crippen LogP contribution in [0.2, 0.25) is 0 Å². The summed E-state index contributed by atoms with van der Waals surface area (Å²) in [6.45, 7) is 4.73. The van der Waals surface area contributed by atoms with Gasteiger partial charge >= 0.3 is 0 Å². The van der Waals surface area contributed by atoms with Gasteiger partial charge in [-0.1, -0.05) is 106 Å². The second-order valence-electron chi connectivity index (χ2n) is 13.3. The molecule has 4 nitrogen and oxygen atoms in total. The minimum atomic E-state index is 0.760. The van der Waals surface area contributed by atoms with E-state index in [9.17, 15) is 0 Å². The van der Waals surface area contributed by atoms with Crippen LogP contribution in [-0.2, 0) is 0 Å². The number of hydrogen-bond acceptors (Lipinski definition) is 8. The maximum Gasteiger partial charge on any atom is 0.123 e. The minimum absolute atomic E-state index is 0.760. The predicted octanol–water partition coefficient (Wildman–Crippen LogP) is 11.6. The van der Waals surface area contributed by atoms with Crippen LogP contribution in [-0.4, -0.2) is 54.9 Å². The summed E-state index contributed by atoms with van der Waals surface area (Å²) in [6, 6.07) is 14.8. The van der Waals surface area contributed by atoms with Crippen LogP contribution < -0.4 is 19.5 Å². The minimum Gasteiger partial charge on any atom is -0.494 e. The summed E-state index contributed by atoms with van der Waals surface area (Å²) < 4.78 is 18.6. The van der Waals surface area contributed by atoms with Crippen LogP contribution >= 0.6 is 43.2 Å². The molecule has 3 atom stereocenters. The van der Waals surface area contributed by atoms with E-state index < -0.39 is 0 Å². The van der Waals surface area contributed by atoms with E-state index in [1.807, 2.05) is 21.6 Å². The second kappa shape index (κ2) is 22.6. The zero-order chi connectivity index (χ0) is 32.2. The fraction of sp³-hybridized carbons (Fsp3) is 0.641. The summed E-state index contributed by atoms with van der Waals surface area (Å²) in [5.74, 6) is 6.31. The lowest BCUT2D eigenvalue weighted by Gasteiger charge is -2.12. The van der Waals surface area contributed by atoms with Crippen LogP contribution in [0.25, 0.3) is 12.2 Å². The Hall–Kier alpha value is -1.06. The molecule has 260 valence electrons. The van der Waals surface area contributed by atoms with Crippen LogP contribution in [0.5, 0.6) is 17.2 Å². The van der Waals surface area contributed by atoms with E-state index >= 15 is 0 Å². The molecule has 0 aliphatic carbocycles. The Labute approximate surface area is 301 Å². The van der Waals surface area contributed by atoms with Gasteiger partial charge in [-0.25, -0.2) is 0 Å². The quantitative estimate of drug-likeness (QED) is 0.0693. The molecule has 1 N–H and O–H groups in total. The average Bonchev–Trinajstić information content (AvgIpc) is 3.91. The van der Waals surface area contributed by atoms with Crippen molar-refractivity contribution >= 4 is 55.3 Å². The highest BCUT2D eigenvalue weighted by Gasteiger charge is 2.17. The van der Waals surface area contributed by atoms with Crippen molar-refractivity contribution in [1.29, 1.82) is 0 Å². The standard InChI is InChI=1S/C39H57NO3S4/c1(4-10-33-19-22-40-31-33)7-23-41-35-17-15-32(16-18-35)13-14-34-28-36(42-24-8-2-5-11-38-20-26-44-46-38)30-37(29-34)43-25-9-3-6-12-39-21-27-45-47-39/h13-18,28-30,33,38-40H,1-12,19-27,31H2.